The molecule has 0 saturated carbocycles. The van der Waals surface area contributed by atoms with Gasteiger partial charge in [-0.1, -0.05) is 0 Å². The Labute approximate surface area is 65.5 Å². The highest BCUT2D eigenvalue weighted by Gasteiger charge is 1.93. The smallest absolute Gasteiger partial charge is 0.219 e. The van der Waals surface area contributed by atoms with Gasteiger partial charge in [-0.2, -0.15) is 0 Å². The number of rotatable bonds is 0. The lowest BCUT2D eigenvalue weighted by atomic mass is 10.5. The Morgan fingerprint density at radius 1 is 1.62 bits per heavy atom. The van der Waals surface area contributed by atoms with Gasteiger partial charge in [-0.3, -0.25) is 0 Å². The van der Waals surface area contributed by atoms with Crippen molar-refractivity contribution >= 4 is 0 Å². The highest BCUT2D eigenvalue weighted by Crippen LogP contribution is 1.86. The summed E-state index contributed by atoms with van der Waals surface area (Å²) in [5, 5.41) is 0. The van der Waals surface area contributed by atoms with Gasteiger partial charge < -0.3 is 24.0 Å². The Kier molecular flexibility index (Phi) is 3.04. The SMILES string of the molecule is Cc1cc[n+](C)o1.[I-]. The third kappa shape index (κ3) is 1.81. The van der Waals surface area contributed by atoms with E-state index in [1.807, 2.05) is 26.2 Å². The molecule has 0 atom stereocenters. The van der Waals surface area contributed by atoms with Gasteiger partial charge in [0, 0.05) is 6.92 Å². The van der Waals surface area contributed by atoms with Crippen LogP contribution in [-0.4, -0.2) is 0 Å². The van der Waals surface area contributed by atoms with Crippen molar-refractivity contribution in [3.63, 3.8) is 0 Å². The molecule has 46 valence electrons. The summed E-state index contributed by atoms with van der Waals surface area (Å²) in [7, 11) is 1.85. The molecule has 1 aromatic rings. The summed E-state index contributed by atoms with van der Waals surface area (Å²) >= 11 is 0. The second-order valence-corrected chi connectivity index (χ2v) is 1.56. The normalized spacial score (nSPS) is 8.25. The minimum Gasteiger partial charge on any atom is -1.00 e. The van der Waals surface area contributed by atoms with E-state index < -0.39 is 0 Å². The molecule has 1 heterocycles. The van der Waals surface area contributed by atoms with Gasteiger partial charge in [-0.25, -0.2) is 4.52 Å². The van der Waals surface area contributed by atoms with Crippen molar-refractivity contribution in [2.45, 2.75) is 6.92 Å². The first-order valence-electron chi connectivity index (χ1n) is 2.21. The van der Waals surface area contributed by atoms with E-state index in [9.17, 15) is 0 Å². The average molecular weight is 225 g/mol. The number of aromatic nitrogens is 1. The topological polar surface area (TPSA) is 17.0 Å². The molecular formula is C5H8INO. The van der Waals surface area contributed by atoms with E-state index in [1.54, 1.807) is 4.74 Å². The number of aryl methyl sites for hydroxylation is 2. The van der Waals surface area contributed by atoms with Crippen molar-refractivity contribution in [2.75, 3.05) is 0 Å². The first-order valence-corrected chi connectivity index (χ1v) is 2.21. The molecule has 8 heavy (non-hydrogen) atoms. The fraction of sp³-hybridized carbons (Fsp3) is 0.400. The minimum absolute atomic E-state index is 0. The first-order chi connectivity index (χ1) is 3.29. The third-order valence-electron chi connectivity index (χ3n) is 0.807. The zero-order chi connectivity index (χ0) is 5.28. The van der Waals surface area contributed by atoms with Crippen LogP contribution in [0.15, 0.2) is 16.8 Å². The largest absolute Gasteiger partial charge is 1.00 e. The Morgan fingerprint density at radius 3 is 2.38 bits per heavy atom. The number of nitrogens with zero attached hydrogens (tertiary/aromatic N) is 1. The molecule has 1 rings (SSSR count). The van der Waals surface area contributed by atoms with Crippen molar-refractivity contribution in [3.8, 4) is 0 Å². The summed E-state index contributed by atoms with van der Waals surface area (Å²) < 4.78 is 6.66. The molecular weight excluding hydrogens is 217 g/mol. The highest BCUT2D eigenvalue weighted by molar-refractivity contribution is 4.83. The monoisotopic (exact) mass is 225 g/mol. The molecule has 0 fully saturated rings. The van der Waals surface area contributed by atoms with Crippen molar-refractivity contribution in [3.05, 3.63) is 18.0 Å². The quantitative estimate of drug-likeness (QED) is 0.350. The number of halogens is 1. The van der Waals surface area contributed by atoms with Crippen molar-refractivity contribution in [1.82, 2.24) is 0 Å². The molecule has 0 radical (unpaired) electrons. The zero-order valence-electron chi connectivity index (χ0n) is 4.89. The van der Waals surface area contributed by atoms with Crippen LogP contribution in [0, 0.1) is 6.92 Å². The molecule has 0 spiro atoms. The molecule has 3 heteroatoms. The van der Waals surface area contributed by atoms with Gasteiger partial charge in [0.1, 0.15) is 0 Å². The zero-order valence-corrected chi connectivity index (χ0v) is 7.05. The maximum atomic E-state index is 5.00. The van der Waals surface area contributed by atoms with Crippen LogP contribution < -0.4 is 28.7 Å². The van der Waals surface area contributed by atoms with E-state index in [2.05, 4.69) is 0 Å². The summed E-state index contributed by atoms with van der Waals surface area (Å²) in [6.07, 6.45) is 1.87. The molecule has 0 saturated heterocycles. The standard InChI is InChI=1S/C5H8NO.HI/c1-5-3-4-6(2)7-5;/h3-4H,1-2H3;1H/q+1;/p-1. The van der Waals surface area contributed by atoms with Crippen molar-refractivity contribution in [2.24, 2.45) is 7.05 Å². The molecule has 0 unspecified atom stereocenters. The van der Waals surface area contributed by atoms with Gasteiger partial charge in [0.25, 0.3) is 0 Å². The van der Waals surface area contributed by atoms with Gasteiger partial charge in [-0.15, -0.1) is 0 Å². The van der Waals surface area contributed by atoms with E-state index in [0.29, 0.717) is 0 Å². The lowest BCUT2D eigenvalue weighted by Gasteiger charge is -1.68. The van der Waals surface area contributed by atoms with Gasteiger partial charge in [0.2, 0.25) is 6.20 Å². The molecule has 0 aliphatic rings. The predicted molar refractivity (Wildman–Crippen MR) is 24.6 cm³/mol. The summed E-state index contributed by atoms with van der Waals surface area (Å²) in [5.41, 5.74) is 0. The van der Waals surface area contributed by atoms with E-state index in [0.717, 1.165) is 5.76 Å². The van der Waals surface area contributed by atoms with E-state index in [4.69, 9.17) is 4.52 Å². The summed E-state index contributed by atoms with van der Waals surface area (Å²) in [6, 6.07) is 1.92. The Morgan fingerprint density at radius 2 is 2.25 bits per heavy atom. The summed E-state index contributed by atoms with van der Waals surface area (Å²) in [5.74, 6) is 0.947. The van der Waals surface area contributed by atoms with E-state index in [1.165, 1.54) is 0 Å². The third-order valence-corrected chi connectivity index (χ3v) is 0.807. The highest BCUT2D eigenvalue weighted by atomic mass is 127. The minimum atomic E-state index is 0. The maximum Gasteiger partial charge on any atom is 0.219 e. The number of hydrogen-bond donors (Lipinski definition) is 0. The molecule has 0 aliphatic heterocycles. The Hall–Kier alpha value is -0.0600. The summed E-state index contributed by atoms with van der Waals surface area (Å²) in [4.78, 5) is 0. The lowest BCUT2D eigenvalue weighted by Crippen LogP contribution is -3.00. The van der Waals surface area contributed by atoms with Gasteiger partial charge in [0.05, 0.1) is 6.07 Å². The lowest BCUT2D eigenvalue weighted by molar-refractivity contribution is -0.846. The fourth-order valence-electron chi connectivity index (χ4n) is 0.498. The van der Waals surface area contributed by atoms with Crippen LogP contribution in [0.2, 0.25) is 0 Å². The van der Waals surface area contributed by atoms with E-state index >= 15 is 0 Å². The van der Waals surface area contributed by atoms with Crippen LogP contribution in [0.25, 0.3) is 0 Å². The fourth-order valence-corrected chi connectivity index (χ4v) is 0.498. The molecule has 0 aliphatic carbocycles. The van der Waals surface area contributed by atoms with Crippen LogP contribution in [0.4, 0.5) is 0 Å². The molecule has 0 amide bonds. The first kappa shape index (κ1) is 7.94. The predicted octanol–water partition coefficient (Wildman–Crippen LogP) is -2.58. The molecule has 2 nitrogen and oxygen atoms in total. The summed E-state index contributed by atoms with van der Waals surface area (Å²) in [6.45, 7) is 1.92. The molecule has 0 N–H and O–H groups in total. The average Bonchev–Trinajstić information content (AvgIpc) is 1.87. The Balaban J connectivity index is 0.000000490. The second kappa shape index (κ2) is 3.06. The Bertz CT molecular complexity index is 145. The van der Waals surface area contributed by atoms with Crippen LogP contribution in [0.5, 0.6) is 0 Å². The van der Waals surface area contributed by atoms with Gasteiger partial charge in [-0.05, 0) is 4.74 Å². The molecule has 0 bridgehead atoms. The molecule has 0 aromatic carbocycles. The van der Waals surface area contributed by atoms with Crippen LogP contribution in [0.1, 0.15) is 5.76 Å². The van der Waals surface area contributed by atoms with E-state index in [-0.39, 0.29) is 24.0 Å². The van der Waals surface area contributed by atoms with Crippen molar-refractivity contribution < 1.29 is 33.2 Å². The van der Waals surface area contributed by atoms with Crippen molar-refractivity contribution in [1.29, 1.82) is 0 Å². The number of hydrogen-bond acceptors (Lipinski definition) is 1. The maximum absolute atomic E-state index is 5.00. The van der Waals surface area contributed by atoms with Crippen LogP contribution in [-0.2, 0) is 7.05 Å². The molecule has 1 aromatic heterocycles. The van der Waals surface area contributed by atoms with Gasteiger partial charge in [0.15, 0.2) is 12.8 Å². The van der Waals surface area contributed by atoms with Crippen LogP contribution >= 0.6 is 0 Å². The second-order valence-electron chi connectivity index (χ2n) is 1.56. The van der Waals surface area contributed by atoms with Gasteiger partial charge >= 0.3 is 0 Å². The van der Waals surface area contributed by atoms with Crippen LogP contribution in [0.3, 0.4) is 0 Å².